The first-order chi connectivity index (χ1) is 11.3. The van der Waals surface area contributed by atoms with Gasteiger partial charge in [-0.1, -0.05) is 12.1 Å². The summed E-state index contributed by atoms with van der Waals surface area (Å²) in [6.45, 7) is 6.55. The molecule has 1 aromatic rings. The van der Waals surface area contributed by atoms with Crippen LogP contribution < -0.4 is 11.1 Å². The number of nitrogens with zero attached hydrogens (tertiary/aromatic N) is 1. The van der Waals surface area contributed by atoms with E-state index in [-0.39, 0.29) is 29.7 Å². The number of piperidine rings is 1. The number of hydrogen-bond acceptors (Lipinski definition) is 2. The molecule has 0 spiro atoms. The SMILES string of the molecule is Cc1cc(C(C)NC(=O)N2CCCC(CC(N)=O)C2)cc(C)c1F. The number of rotatable bonds is 4. The van der Waals surface area contributed by atoms with E-state index in [1.807, 2.05) is 6.92 Å². The minimum Gasteiger partial charge on any atom is -0.370 e. The summed E-state index contributed by atoms with van der Waals surface area (Å²) in [5, 5.41) is 2.96. The molecule has 0 radical (unpaired) electrons. The molecule has 3 N–H and O–H groups in total. The van der Waals surface area contributed by atoms with Gasteiger partial charge in [-0.2, -0.15) is 0 Å². The molecule has 1 saturated heterocycles. The monoisotopic (exact) mass is 335 g/mol. The number of primary amides is 1. The Balaban J connectivity index is 1.99. The summed E-state index contributed by atoms with van der Waals surface area (Å²) >= 11 is 0. The van der Waals surface area contributed by atoms with Gasteiger partial charge in [-0.05, 0) is 56.2 Å². The van der Waals surface area contributed by atoms with Crippen molar-refractivity contribution in [2.45, 2.75) is 46.1 Å². The molecular formula is C18H26FN3O2. The van der Waals surface area contributed by atoms with Crippen LogP contribution in [0.3, 0.4) is 0 Å². The van der Waals surface area contributed by atoms with Crippen LogP contribution in [0.25, 0.3) is 0 Å². The average molecular weight is 335 g/mol. The van der Waals surface area contributed by atoms with Gasteiger partial charge in [-0.3, -0.25) is 4.79 Å². The Labute approximate surface area is 142 Å². The zero-order chi connectivity index (χ0) is 17.9. The van der Waals surface area contributed by atoms with Crippen molar-refractivity contribution in [1.29, 1.82) is 0 Å². The van der Waals surface area contributed by atoms with Crippen LogP contribution in [0, 0.1) is 25.6 Å². The third kappa shape index (κ3) is 4.46. The minimum absolute atomic E-state index is 0.132. The highest BCUT2D eigenvalue weighted by atomic mass is 19.1. The summed E-state index contributed by atoms with van der Waals surface area (Å²) in [6, 6.07) is 3.15. The van der Waals surface area contributed by atoms with Gasteiger partial charge in [0.25, 0.3) is 0 Å². The van der Waals surface area contributed by atoms with E-state index in [1.54, 1.807) is 30.9 Å². The predicted octanol–water partition coefficient (Wildman–Crippen LogP) is 2.80. The van der Waals surface area contributed by atoms with Crippen molar-refractivity contribution in [3.8, 4) is 0 Å². The van der Waals surface area contributed by atoms with E-state index in [4.69, 9.17) is 5.73 Å². The number of carbonyl (C=O) groups excluding carboxylic acids is 2. The van der Waals surface area contributed by atoms with Crippen molar-refractivity contribution >= 4 is 11.9 Å². The van der Waals surface area contributed by atoms with Gasteiger partial charge < -0.3 is 16.0 Å². The fourth-order valence-electron chi connectivity index (χ4n) is 3.29. The van der Waals surface area contributed by atoms with Crippen LogP contribution >= 0.6 is 0 Å². The van der Waals surface area contributed by atoms with Gasteiger partial charge in [-0.25, -0.2) is 9.18 Å². The maximum Gasteiger partial charge on any atom is 0.317 e. The second-order valence-corrected chi connectivity index (χ2v) is 6.76. The Morgan fingerprint density at radius 1 is 1.38 bits per heavy atom. The molecular weight excluding hydrogens is 309 g/mol. The number of likely N-dealkylation sites (tertiary alicyclic amines) is 1. The van der Waals surface area contributed by atoms with Gasteiger partial charge in [0.05, 0.1) is 6.04 Å². The number of aryl methyl sites for hydroxylation is 2. The van der Waals surface area contributed by atoms with Crippen LogP contribution in [0.4, 0.5) is 9.18 Å². The molecule has 0 aromatic heterocycles. The number of amides is 3. The highest BCUT2D eigenvalue weighted by Gasteiger charge is 2.25. The summed E-state index contributed by atoms with van der Waals surface area (Å²) < 4.78 is 13.7. The Hall–Kier alpha value is -2.11. The Bertz CT molecular complexity index is 610. The van der Waals surface area contributed by atoms with Crippen molar-refractivity contribution in [2.75, 3.05) is 13.1 Å². The molecule has 1 fully saturated rings. The van der Waals surface area contributed by atoms with Crippen LogP contribution in [0.15, 0.2) is 12.1 Å². The second-order valence-electron chi connectivity index (χ2n) is 6.76. The molecule has 5 nitrogen and oxygen atoms in total. The molecule has 1 aromatic carbocycles. The number of benzene rings is 1. The molecule has 0 bridgehead atoms. The van der Waals surface area contributed by atoms with E-state index in [0.29, 0.717) is 30.6 Å². The molecule has 3 amide bonds. The smallest absolute Gasteiger partial charge is 0.317 e. The first-order valence-corrected chi connectivity index (χ1v) is 8.38. The first kappa shape index (κ1) is 18.2. The molecule has 2 unspecified atom stereocenters. The lowest BCUT2D eigenvalue weighted by molar-refractivity contribution is -0.119. The van der Waals surface area contributed by atoms with Crippen molar-refractivity contribution in [3.63, 3.8) is 0 Å². The Kier molecular flexibility index (Phi) is 5.80. The number of nitrogens with two attached hydrogens (primary N) is 1. The van der Waals surface area contributed by atoms with E-state index < -0.39 is 0 Å². The fraction of sp³-hybridized carbons (Fsp3) is 0.556. The molecule has 2 atom stereocenters. The van der Waals surface area contributed by atoms with E-state index in [2.05, 4.69) is 5.32 Å². The molecule has 24 heavy (non-hydrogen) atoms. The molecule has 132 valence electrons. The highest BCUT2D eigenvalue weighted by Crippen LogP contribution is 2.22. The quantitative estimate of drug-likeness (QED) is 0.888. The van der Waals surface area contributed by atoms with Crippen LogP contribution in [0.2, 0.25) is 0 Å². The number of carbonyl (C=O) groups is 2. The van der Waals surface area contributed by atoms with E-state index >= 15 is 0 Å². The number of nitrogens with one attached hydrogen (secondary N) is 1. The first-order valence-electron chi connectivity index (χ1n) is 8.38. The second kappa shape index (κ2) is 7.64. The van der Waals surface area contributed by atoms with E-state index in [1.165, 1.54) is 0 Å². The van der Waals surface area contributed by atoms with Gasteiger partial charge in [-0.15, -0.1) is 0 Å². The van der Waals surface area contributed by atoms with Crippen molar-refractivity contribution in [1.82, 2.24) is 10.2 Å². The van der Waals surface area contributed by atoms with E-state index in [9.17, 15) is 14.0 Å². The molecule has 1 heterocycles. The third-order valence-electron chi connectivity index (χ3n) is 4.59. The van der Waals surface area contributed by atoms with Crippen molar-refractivity contribution < 1.29 is 14.0 Å². The molecule has 0 aliphatic carbocycles. The largest absolute Gasteiger partial charge is 0.370 e. The average Bonchev–Trinajstić information content (AvgIpc) is 2.51. The summed E-state index contributed by atoms with van der Waals surface area (Å²) in [6.07, 6.45) is 2.10. The lowest BCUT2D eigenvalue weighted by Crippen LogP contribution is -2.46. The lowest BCUT2D eigenvalue weighted by Gasteiger charge is -2.33. The molecule has 6 heteroatoms. The Morgan fingerprint density at radius 2 is 2.00 bits per heavy atom. The van der Waals surface area contributed by atoms with Crippen LogP contribution in [0.5, 0.6) is 0 Å². The van der Waals surface area contributed by atoms with Gasteiger partial charge in [0.1, 0.15) is 5.82 Å². The van der Waals surface area contributed by atoms with Crippen LogP contribution in [-0.2, 0) is 4.79 Å². The summed E-state index contributed by atoms with van der Waals surface area (Å²) in [5.74, 6) is -0.400. The zero-order valence-corrected chi connectivity index (χ0v) is 14.6. The number of hydrogen-bond donors (Lipinski definition) is 2. The number of urea groups is 1. The van der Waals surface area contributed by atoms with Crippen molar-refractivity contribution in [2.24, 2.45) is 11.7 Å². The van der Waals surface area contributed by atoms with Crippen LogP contribution in [-0.4, -0.2) is 29.9 Å². The zero-order valence-electron chi connectivity index (χ0n) is 14.6. The summed E-state index contributed by atoms with van der Waals surface area (Å²) in [5.41, 5.74) is 7.28. The normalized spacial score (nSPS) is 19.0. The van der Waals surface area contributed by atoms with Gasteiger partial charge in [0.2, 0.25) is 5.91 Å². The third-order valence-corrected chi connectivity index (χ3v) is 4.59. The topological polar surface area (TPSA) is 75.4 Å². The summed E-state index contributed by atoms with van der Waals surface area (Å²) in [4.78, 5) is 25.3. The highest BCUT2D eigenvalue weighted by molar-refractivity contribution is 5.76. The predicted molar refractivity (Wildman–Crippen MR) is 90.9 cm³/mol. The maximum absolute atomic E-state index is 13.7. The van der Waals surface area contributed by atoms with Gasteiger partial charge in [0.15, 0.2) is 0 Å². The summed E-state index contributed by atoms with van der Waals surface area (Å²) in [7, 11) is 0. The van der Waals surface area contributed by atoms with Gasteiger partial charge >= 0.3 is 6.03 Å². The standard InChI is InChI=1S/C18H26FN3O2/c1-11-7-15(8-12(2)17(11)19)13(3)21-18(24)22-6-4-5-14(10-22)9-16(20)23/h7-8,13-14H,4-6,9-10H2,1-3H3,(H2,20,23)(H,21,24). The molecule has 1 aliphatic heterocycles. The molecule has 1 aliphatic rings. The minimum atomic E-state index is -0.326. The number of halogens is 1. The molecule has 2 rings (SSSR count). The van der Waals surface area contributed by atoms with Gasteiger partial charge in [0, 0.05) is 19.5 Å². The van der Waals surface area contributed by atoms with Crippen molar-refractivity contribution in [3.05, 3.63) is 34.6 Å². The van der Waals surface area contributed by atoms with E-state index in [0.717, 1.165) is 18.4 Å². The lowest BCUT2D eigenvalue weighted by atomic mass is 9.95. The maximum atomic E-state index is 13.7. The molecule has 0 saturated carbocycles. The Morgan fingerprint density at radius 3 is 2.58 bits per heavy atom. The van der Waals surface area contributed by atoms with Crippen LogP contribution in [0.1, 0.15) is 48.9 Å². The fourth-order valence-corrected chi connectivity index (χ4v) is 3.29.